The second kappa shape index (κ2) is 7.52. The molecule has 1 atom stereocenters. The van der Waals surface area contributed by atoms with Crippen LogP contribution in [0.15, 0.2) is 29.4 Å². The van der Waals surface area contributed by atoms with Gasteiger partial charge in [-0.3, -0.25) is 9.59 Å². The van der Waals surface area contributed by atoms with Crippen LogP contribution in [-0.4, -0.2) is 38.8 Å². The number of fused-ring (bicyclic) bond motifs is 1. The summed E-state index contributed by atoms with van der Waals surface area (Å²) in [5.41, 5.74) is 3.32. The molecule has 1 aromatic carbocycles. The van der Waals surface area contributed by atoms with E-state index in [1.807, 2.05) is 45.2 Å². The number of nitrogens with zero attached hydrogens (tertiary/aromatic N) is 2. The lowest BCUT2D eigenvalue weighted by atomic mass is 10.0. The number of nitrogens with one attached hydrogen (secondary N) is 2. The minimum Gasteiger partial charge on any atom is -0.372 e. The highest BCUT2D eigenvalue weighted by atomic mass is 32.2. The highest BCUT2D eigenvalue weighted by Crippen LogP contribution is 2.29. The number of rotatable bonds is 6. The van der Waals surface area contributed by atoms with Crippen LogP contribution >= 0.6 is 11.8 Å². The Balaban J connectivity index is 1.90. The lowest BCUT2D eigenvalue weighted by Gasteiger charge is -2.11. The smallest absolute Gasteiger partial charge is 0.192 e. The van der Waals surface area contributed by atoms with Gasteiger partial charge in [0.15, 0.2) is 16.7 Å². The number of carbonyl (C=O) groups is 2. The topological polar surface area (TPSA) is 87.7 Å². The van der Waals surface area contributed by atoms with Crippen molar-refractivity contribution in [2.45, 2.75) is 38.1 Å². The molecule has 3 rings (SSSR count). The van der Waals surface area contributed by atoms with Crippen LogP contribution in [0.2, 0.25) is 0 Å². The number of aromatic nitrogens is 3. The largest absolute Gasteiger partial charge is 0.372 e. The highest BCUT2D eigenvalue weighted by molar-refractivity contribution is 8.00. The molecule has 0 amide bonds. The molecule has 0 spiro atoms. The molecule has 0 aliphatic heterocycles. The fraction of sp³-hybridized carbons (Fsp3) is 0.300. The fourth-order valence-electron chi connectivity index (χ4n) is 3.24. The third kappa shape index (κ3) is 3.60. The van der Waals surface area contributed by atoms with Gasteiger partial charge in [-0.1, -0.05) is 23.9 Å². The first-order chi connectivity index (χ1) is 12.8. The number of aromatic amines is 1. The van der Waals surface area contributed by atoms with E-state index in [2.05, 4.69) is 20.3 Å². The van der Waals surface area contributed by atoms with Crippen molar-refractivity contribution in [1.29, 1.82) is 0 Å². The third-order valence-corrected chi connectivity index (χ3v) is 5.47. The monoisotopic (exact) mass is 382 g/mol. The summed E-state index contributed by atoms with van der Waals surface area (Å²) in [6.07, 6.45) is 0. The maximum absolute atomic E-state index is 12.9. The first-order valence-electron chi connectivity index (χ1n) is 8.69. The number of para-hydroxylation sites is 1. The van der Waals surface area contributed by atoms with Gasteiger partial charge in [0.1, 0.15) is 5.82 Å². The van der Waals surface area contributed by atoms with Crippen molar-refractivity contribution < 1.29 is 9.59 Å². The maximum Gasteiger partial charge on any atom is 0.192 e. The van der Waals surface area contributed by atoms with Crippen molar-refractivity contribution in [1.82, 2.24) is 15.0 Å². The summed E-state index contributed by atoms with van der Waals surface area (Å²) < 4.78 is 0. The van der Waals surface area contributed by atoms with Gasteiger partial charge in [-0.15, -0.1) is 0 Å². The molecule has 7 heteroatoms. The second-order valence-corrected chi connectivity index (χ2v) is 7.74. The van der Waals surface area contributed by atoms with Crippen molar-refractivity contribution >= 4 is 40.0 Å². The van der Waals surface area contributed by atoms with Crippen LogP contribution in [0.4, 0.5) is 5.82 Å². The minimum atomic E-state index is -0.396. The normalized spacial score (nSPS) is 12.2. The van der Waals surface area contributed by atoms with Crippen LogP contribution in [0.3, 0.4) is 0 Å². The number of hydrogen-bond donors (Lipinski definition) is 2. The number of benzene rings is 1. The molecule has 1 unspecified atom stereocenters. The number of H-pyrrole nitrogens is 1. The number of hydrogen-bond acceptors (Lipinski definition) is 6. The van der Waals surface area contributed by atoms with E-state index in [1.54, 1.807) is 6.92 Å². The average molecular weight is 382 g/mol. The van der Waals surface area contributed by atoms with Crippen LogP contribution in [0, 0.1) is 13.8 Å². The molecule has 2 aromatic heterocycles. The molecule has 2 N–H and O–H groups in total. The van der Waals surface area contributed by atoms with Crippen LogP contribution in [0.1, 0.15) is 46.0 Å². The maximum atomic E-state index is 12.9. The van der Waals surface area contributed by atoms with E-state index >= 15 is 0 Å². The molecule has 0 fully saturated rings. The molecule has 0 radical (unpaired) electrons. The Labute approximate surface area is 162 Å². The van der Waals surface area contributed by atoms with Crippen molar-refractivity contribution in [3.05, 3.63) is 46.8 Å². The van der Waals surface area contributed by atoms with E-state index in [-0.39, 0.29) is 11.6 Å². The van der Waals surface area contributed by atoms with Crippen LogP contribution in [0.25, 0.3) is 10.9 Å². The number of thioether (sulfide) groups is 1. The van der Waals surface area contributed by atoms with Crippen LogP contribution in [0.5, 0.6) is 0 Å². The number of ketones is 2. The van der Waals surface area contributed by atoms with Crippen molar-refractivity contribution in [3.8, 4) is 0 Å². The van der Waals surface area contributed by atoms with E-state index in [4.69, 9.17) is 0 Å². The summed E-state index contributed by atoms with van der Waals surface area (Å²) >= 11 is 1.31. The summed E-state index contributed by atoms with van der Waals surface area (Å²) in [6, 6.07) is 7.74. The van der Waals surface area contributed by atoms with Gasteiger partial charge in [-0.05, 0) is 45.4 Å². The summed E-state index contributed by atoms with van der Waals surface area (Å²) in [5.74, 6) is 0.613. The van der Waals surface area contributed by atoms with Gasteiger partial charge in [-0.25, -0.2) is 9.97 Å². The van der Waals surface area contributed by atoms with Crippen LogP contribution < -0.4 is 5.32 Å². The van der Waals surface area contributed by atoms with Gasteiger partial charge >= 0.3 is 0 Å². The number of Topliss-reactive ketones (excluding diaryl/α,β-unsaturated/α-hetero) is 2. The lowest BCUT2D eigenvalue weighted by Crippen LogP contribution is -2.16. The molecule has 0 saturated carbocycles. The summed E-state index contributed by atoms with van der Waals surface area (Å²) in [6.45, 7) is 6.95. The van der Waals surface area contributed by atoms with E-state index < -0.39 is 5.25 Å². The van der Waals surface area contributed by atoms with Gasteiger partial charge in [-0.2, -0.15) is 0 Å². The molecule has 6 nitrogen and oxygen atoms in total. The highest BCUT2D eigenvalue weighted by Gasteiger charge is 2.25. The van der Waals surface area contributed by atoms with Crippen molar-refractivity contribution in [2.24, 2.45) is 0 Å². The van der Waals surface area contributed by atoms with Gasteiger partial charge < -0.3 is 10.3 Å². The number of aryl methyl sites for hydroxylation is 1. The average Bonchev–Trinajstić information content (AvgIpc) is 2.94. The molecule has 0 aliphatic carbocycles. The second-order valence-electron chi connectivity index (χ2n) is 6.43. The van der Waals surface area contributed by atoms with Crippen molar-refractivity contribution in [3.63, 3.8) is 0 Å². The van der Waals surface area contributed by atoms with E-state index in [9.17, 15) is 9.59 Å². The Bertz CT molecular complexity index is 1040. The Kier molecular flexibility index (Phi) is 5.32. The first kappa shape index (κ1) is 19.1. The Morgan fingerprint density at radius 1 is 1.19 bits per heavy atom. The van der Waals surface area contributed by atoms with Gasteiger partial charge in [0.2, 0.25) is 0 Å². The van der Waals surface area contributed by atoms with Crippen LogP contribution in [-0.2, 0) is 0 Å². The third-order valence-electron chi connectivity index (χ3n) is 4.51. The predicted octanol–water partition coefficient (Wildman–Crippen LogP) is 4.18. The standard InChI is InChI=1S/C20H22N4O2S/c1-10-16(12(3)25)11(2)22-17(10)18(26)13(4)27-20-23-15-9-7-6-8-14(15)19(21-5)24-20/h6-9,13,22H,1-5H3,(H,21,23,24). The molecular formula is C20H22N4O2S. The van der Waals surface area contributed by atoms with Gasteiger partial charge in [0.25, 0.3) is 0 Å². The predicted molar refractivity (Wildman–Crippen MR) is 109 cm³/mol. The minimum absolute atomic E-state index is 0.0443. The summed E-state index contributed by atoms with van der Waals surface area (Å²) in [5, 5.41) is 4.16. The van der Waals surface area contributed by atoms with E-state index in [0.29, 0.717) is 22.0 Å². The fourth-order valence-corrected chi connectivity index (χ4v) is 4.07. The summed E-state index contributed by atoms with van der Waals surface area (Å²) in [7, 11) is 1.81. The van der Waals surface area contributed by atoms with E-state index in [1.165, 1.54) is 18.7 Å². The number of anilines is 1. The van der Waals surface area contributed by atoms with Crippen molar-refractivity contribution in [2.75, 3.05) is 12.4 Å². The molecular weight excluding hydrogens is 360 g/mol. The Morgan fingerprint density at radius 2 is 1.89 bits per heavy atom. The Hall–Kier alpha value is -2.67. The zero-order valence-corrected chi connectivity index (χ0v) is 16.8. The molecule has 0 saturated heterocycles. The molecule has 3 aromatic rings. The molecule has 0 bridgehead atoms. The lowest BCUT2D eigenvalue weighted by molar-refractivity contribution is 0.0988. The van der Waals surface area contributed by atoms with Gasteiger partial charge in [0, 0.05) is 23.7 Å². The SMILES string of the molecule is CNc1nc(SC(C)C(=O)c2[nH]c(C)c(C(C)=O)c2C)nc2ccccc12. The quantitative estimate of drug-likeness (QED) is 0.378. The summed E-state index contributed by atoms with van der Waals surface area (Å²) in [4.78, 5) is 36.9. The zero-order chi connectivity index (χ0) is 19.7. The zero-order valence-electron chi connectivity index (χ0n) is 16.0. The first-order valence-corrected chi connectivity index (χ1v) is 9.57. The molecule has 27 heavy (non-hydrogen) atoms. The molecule has 0 aliphatic rings. The van der Waals surface area contributed by atoms with E-state index in [0.717, 1.165) is 22.4 Å². The van der Waals surface area contributed by atoms with Gasteiger partial charge in [0.05, 0.1) is 16.5 Å². The Morgan fingerprint density at radius 3 is 2.52 bits per heavy atom. The molecule has 2 heterocycles. The molecule has 140 valence electrons. The number of carbonyl (C=O) groups excluding carboxylic acids is 2.